The molecule has 0 aliphatic carbocycles. The Balaban J connectivity index is 1.76. The standard InChI is InChI=1S/C19H14Cl2N2O2/c20-14-6-3-7-15(11-14)25-19-16(8-4-10-22-19)18(24)23-12-13-5-1-2-9-17(13)21/h1-11H,12H2,(H,23,24). The van der Waals surface area contributed by atoms with E-state index in [1.165, 1.54) is 0 Å². The van der Waals surface area contributed by atoms with Crippen LogP contribution in [-0.4, -0.2) is 10.9 Å². The molecule has 1 heterocycles. The summed E-state index contributed by atoms with van der Waals surface area (Å²) in [6, 6.07) is 17.6. The van der Waals surface area contributed by atoms with E-state index in [1.807, 2.05) is 18.2 Å². The third-order valence-electron chi connectivity index (χ3n) is 3.42. The van der Waals surface area contributed by atoms with Gasteiger partial charge in [0.1, 0.15) is 11.3 Å². The smallest absolute Gasteiger partial charge is 0.257 e. The number of rotatable bonds is 5. The minimum absolute atomic E-state index is 0.210. The second kappa shape index (κ2) is 8.01. The molecule has 0 saturated heterocycles. The van der Waals surface area contributed by atoms with Crippen LogP contribution < -0.4 is 10.1 Å². The van der Waals surface area contributed by atoms with Gasteiger partial charge in [0.2, 0.25) is 5.88 Å². The summed E-state index contributed by atoms with van der Waals surface area (Å²) in [6.07, 6.45) is 1.56. The number of amides is 1. The highest BCUT2D eigenvalue weighted by atomic mass is 35.5. The van der Waals surface area contributed by atoms with Crippen LogP contribution in [0.4, 0.5) is 0 Å². The van der Waals surface area contributed by atoms with Gasteiger partial charge < -0.3 is 10.1 Å². The molecule has 0 saturated carbocycles. The van der Waals surface area contributed by atoms with E-state index in [0.717, 1.165) is 5.56 Å². The largest absolute Gasteiger partial charge is 0.438 e. The molecule has 3 rings (SSSR count). The summed E-state index contributed by atoms with van der Waals surface area (Å²) < 4.78 is 5.70. The minimum Gasteiger partial charge on any atom is -0.438 e. The normalized spacial score (nSPS) is 10.3. The summed E-state index contributed by atoms with van der Waals surface area (Å²) in [5.41, 5.74) is 1.16. The quantitative estimate of drug-likeness (QED) is 0.676. The van der Waals surface area contributed by atoms with Gasteiger partial charge in [-0.05, 0) is 42.0 Å². The topological polar surface area (TPSA) is 51.2 Å². The summed E-state index contributed by atoms with van der Waals surface area (Å²) in [6.45, 7) is 0.310. The molecule has 2 aromatic carbocycles. The van der Waals surface area contributed by atoms with E-state index in [-0.39, 0.29) is 11.8 Å². The van der Waals surface area contributed by atoms with Gasteiger partial charge in [0, 0.05) is 22.8 Å². The van der Waals surface area contributed by atoms with Crippen LogP contribution in [0.3, 0.4) is 0 Å². The average Bonchev–Trinajstić information content (AvgIpc) is 2.61. The van der Waals surface area contributed by atoms with E-state index in [1.54, 1.807) is 48.7 Å². The van der Waals surface area contributed by atoms with Gasteiger partial charge in [-0.2, -0.15) is 0 Å². The molecule has 0 aliphatic rings. The third-order valence-corrected chi connectivity index (χ3v) is 4.03. The third kappa shape index (κ3) is 4.50. The van der Waals surface area contributed by atoms with Gasteiger partial charge in [-0.3, -0.25) is 4.79 Å². The lowest BCUT2D eigenvalue weighted by molar-refractivity contribution is 0.0948. The summed E-state index contributed by atoms with van der Waals surface area (Å²) >= 11 is 12.1. The molecule has 1 N–H and O–H groups in total. The second-order valence-electron chi connectivity index (χ2n) is 5.19. The fraction of sp³-hybridized carbons (Fsp3) is 0.0526. The maximum atomic E-state index is 12.5. The summed E-state index contributed by atoms with van der Waals surface area (Å²) in [4.78, 5) is 16.7. The number of pyridine rings is 1. The van der Waals surface area contributed by atoms with E-state index in [4.69, 9.17) is 27.9 Å². The highest BCUT2D eigenvalue weighted by molar-refractivity contribution is 6.31. The Bertz CT molecular complexity index is 900. The highest BCUT2D eigenvalue weighted by Crippen LogP contribution is 2.25. The fourth-order valence-corrected chi connectivity index (χ4v) is 2.58. The van der Waals surface area contributed by atoms with Crippen molar-refractivity contribution in [1.29, 1.82) is 0 Å². The molecule has 126 valence electrons. The first-order valence-electron chi connectivity index (χ1n) is 7.53. The van der Waals surface area contributed by atoms with Crippen molar-refractivity contribution in [2.45, 2.75) is 6.54 Å². The number of hydrogen-bond donors (Lipinski definition) is 1. The molecule has 0 radical (unpaired) electrons. The van der Waals surface area contributed by atoms with Crippen molar-refractivity contribution < 1.29 is 9.53 Å². The van der Waals surface area contributed by atoms with Crippen molar-refractivity contribution in [3.05, 3.63) is 88.0 Å². The molecular formula is C19H14Cl2N2O2. The van der Waals surface area contributed by atoms with E-state index in [9.17, 15) is 4.79 Å². The fourth-order valence-electron chi connectivity index (χ4n) is 2.20. The molecular weight excluding hydrogens is 359 g/mol. The average molecular weight is 373 g/mol. The van der Waals surface area contributed by atoms with Crippen LogP contribution in [0.1, 0.15) is 15.9 Å². The summed E-state index contributed by atoms with van der Waals surface area (Å²) in [7, 11) is 0. The first-order valence-corrected chi connectivity index (χ1v) is 8.29. The van der Waals surface area contributed by atoms with Crippen LogP contribution >= 0.6 is 23.2 Å². The number of hydrogen-bond acceptors (Lipinski definition) is 3. The summed E-state index contributed by atoms with van der Waals surface area (Å²) in [5.74, 6) is 0.415. The van der Waals surface area contributed by atoms with E-state index in [2.05, 4.69) is 10.3 Å². The van der Waals surface area contributed by atoms with Crippen LogP contribution in [-0.2, 0) is 6.54 Å². The lowest BCUT2D eigenvalue weighted by Gasteiger charge is -2.11. The van der Waals surface area contributed by atoms with E-state index in [0.29, 0.717) is 27.9 Å². The Morgan fingerprint density at radius 1 is 1.04 bits per heavy atom. The molecule has 4 nitrogen and oxygen atoms in total. The number of nitrogens with one attached hydrogen (secondary N) is 1. The summed E-state index contributed by atoms with van der Waals surface area (Å²) in [5, 5.41) is 3.97. The van der Waals surface area contributed by atoms with Gasteiger partial charge in [-0.15, -0.1) is 0 Å². The van der Waals surface area contributed by atoms with Crippen LogP contribution in [0.15, 0.2) is 66.9 Å². The zero-order chi connectivity index (χ0) is 17.6. The zero-order valence-electron chi connectivity index (χ0n) is 13.1. The monoisotopic (exact) mass is 372 g/mol. The number of halogens is 2. The van der Waals surface area contributed by atoms with Gasteiger partial charge in [0.15, 0.2) is 0 Å². The number of benzene rings is 2. The maximum Gasteiger partial charge on any atom is 0.257 e. The Hall–Kier alpha value is -2.56. The predicted octanol–water partition coefficient (Wildman–Crippen LogP) is 5.11. The molecule has 0 unspecified atom stereocenters. The number of ether oxygens (including phenoxy) is 1. The SMILES string of the molecule is O=C(NCc1ccccc1Cl)c1cccnc1Oc1cccc(Cl)c1. The van der Waals surface area contributed by atoms with E-state index < -0.39 is 0 Å². The first-order chi connectivity index (χ1) is 12.1. The lowest BCUT2D eigenvalue weighted by Crippen LogP contribution is -2.23. The highest BCUT2D eigenvalue weighted by Gasteiger charge is 2.14. The molecule has 6 heteroatoms. The van der Waals surface area contributed by atoms with Crippen molar-refractivity contribution in [1.82, 2.24) is 10.3 Å². The van der Waals surface area contributed by atoms with Gasteiger partial charge in [-0.1, -0.05) is 47.5 Å². The molecule has 1 aromatic heterocycles. The van der Waals surface area contributed by atoms with Gasteiger partial charge >= 0.3 is 0 Å². The first kappa shape index (κ1) is 17.3. The number of carbonyl (C=O) groups is 1. The predicted molar refractivity (Wildman–Crippen MR) is 98.4 cm³/mol. The number of nitrogens with zero attached hydrogens (tertiary/aromatic N) is 1. The van der Waals surface area contributed by atoms with Crippen molar-refractivity contribution in [3.63, 3.8) is 0 Å². The van der Waals surface area contributed by atoms with Crippen molar-refractivity contribution in [2.75, 3.05) is 0 Å². The maximum absolute atomic E-state index is 12.5. The molecule has 0 aliphatic heterocycles. The van der Waals surface area contributed by atoms with Crippen molar-refractivity contribution in [2.24, 2.45) is 0 Å². The molecule has 25 heavy (non-hydrogen) atoms. The van der Waals surface area contributed by atoms with Gasteiger partial charge in [0.05, 0.1) is 0 Å². The molecule has 0 fully saturated rings. The van der Waals surface area contributed by atoms with Crippen LogP contribution in [0, 0.1) is 0 Å². The van der Waals surface area contributed by atoms with Gasteiger partial charge in [0.25, 0.3) is 5.91 Å². The van der Waals surface area contributed by atoms with Gasteiger partial charge in [-0.25, -0.2) is 4.98 Å². The Kier molecular flexibility index (Phi) is 5.53. The Morgan fingerprint density at radius 3 is 2.68 bits per heavy atom. The molecule has 0 bridgehead atoms. The van der Waals surface area contributed by atoms with Crippen LogP contribution in [0.2, 0.25) is 10.0 Å². The van der Waals surface area contributed by atoms with Crippen LogP contribution in [0.5, 0.6) is 11.6 Å². The molecule has 3 aromatic rings. The Labute approximate surface area is 155 Å². The number of aromatic nitrogens is 1. The lowest BCUT2D eigenvalue weighted by atomic mass is 10.2. The minimum atomic E-state index is -0.301. The van der Waals surface area contributed by atoms with Crippen molar-refractivity contribution in [3.8, 4) is 11.6 Å². The van der Waals surface area contributed by atoms with Crippen molar-refractivity contribution >= 4 is 29.1 Å². The molecule has 0 spiro atoms. The van der Waals surface area contributed by atoms with Crippen LogP contribution in [0.25, 0.3) is 0 Å². The molecule has 0 atom stereocenters. The van der Waals surface area contributed by atoms with E-state index >= 15 is 0 Å². The Morgan fingerprint density at radius 2 is 1.88 bits per heavy atom. The second-order valence-corrected chi connectivity index (χ2v) is 6.03. The number of carbonyl (C=O) groups excluding carboxylic acids is 1. The zero-order valence-corrected chi connectivity index (χ0v) is 14.6. The molecule has 1 amide bonds.